The number of aromatic nitrogens is 10. The highest BCUT2D eigenvalue weighted by Gasteiger charge is 2.31. The maximum atomic E-state index is 6.11. The molecule has 11 rings (SSSR count). The molecular formula is C54H57N10O2S+7. The van der Waals surface area contributed by atoms with Crippen LogP contribution in [-0.4, -0.2) is 14.5 Å². The maximum absolute atomic E-state index is 6.11. The standard InChI is InChI=1S/C19H20N4O.C18H19N4O.C17H18N2S/c1-13-12-17(23(4)20-13)14-9-7-10-16(21(14)2)19-22(3)15-8-5-6-11-18(15)24-19;1-19-12-7-13-22(19)17-11-6-9-15(20(17)2)18-21(3)14-8-4-5-10-16(14)23-18;1-13-7-4-5-8-14(13)15-9-6-10-16(19(15)3)17-18(2)11-12-20-17/h5-12H,1-4H3;4-13H,1-3H3;4-12H,1-3H3/q+2;+3;+2. The summed E-state index contributed by atoms with van der Waals surface area (Å²) in [5.41, 5.74) is 14.2. The zero-order valence-corrected chi connectivity index (χ0v) is 40.6. The van der Waals surface area contributed by atoms with Gasteiger partial charge in [0.05, 0.1) is 24.2 Å². The average Bonchev–Trinajstić information content (AvgIpc) is 4.17. The van der Waals surface area contributed by atoms with Gasteiger partial charge < -0.3 is 8.83 Å². The van der Waals surface area contributed by atoms with Crippen LogP contribution < -0.4 is 32.1 Å². The van der Waals surface area contributed by atoms with Crippen molar-refractivity contribution in [2.24, 2.45) is 56.4 Å². The number of aryl methyl sites for hydroxylation is 7. The minimum Gasteiger partial charge on any atom is -0.395 e. The Kier molecular flexibility index (Phi) is 12.3. The van der Waals surface area contributed by atoms with Crippen LogP contribution in [0, 0.1) is 13.8 Å². The van der Waals surface area contributed by atoms with E-state index in [4.69, 9.17) is 8.83 Å². The summed E-state index contributed by atoms with van der Waals surface area (Å²) in [6.45, 7) is 4.17. The molecule has 0 bridgehead atoms. The molecular weight excluding hydrogens is 853 g/mol. The number of benzene rings is 3. The van der Waals surface area contributed by atoms with Crippen molar-refractivity contribution in [1.29, 1.82) is 0 Å². The van der Waals surface area contributed by atoms with Gasteiger partial charge in [-0.2, -0.15) is 27.9 Å². The van der Waals surface area contributed by atoms with Crippen LogP contribution in [0.25, 0.3) is 84.5 Å². The highest BCUT2D eigenvalue weighted by Crippen LogP contribution is 2.25. The third-order valence-electron chi connectivity index (χ3n) is 12.4. The van der Waals surface area contributed by atoms with Crippen LogP contribution >= 0.6 is 11.3 Å². The molecule has 0 saturated carbocycles. The summed E-state index contributed by atoms with van der Waals surface area (Å²) in [5.74, 6) is 2.74. The Morgan fingerprint density at radius 1 is 0.522 bits per heavy atom. The molecule has 0 aliphatic carbocycles. The highest BCUT2D eigenvalue weighted by molar-refractivity contribution is 7.12. The zero-order valence-electron chi connectivity index (χ0n) is 39.8. The second-order valence-corrected chi connectivity index (χ2v) is 17.6. The molecule has 0 aliphatic heterocycles. The second-order valence-electron chi connectivity index (χ2n) is 16.7. The summed E-state index contributed by atoms with van der Waals surface area (Å²) in [6, 6.07) is 47.7. The fourth-order valence-electron chi connectivity index (χ4n) is 8.74. The molecule has 12 nitrogen and oxygen atoms in total. The number of nitrogens with zero attached hydrogens (tertiary/aromatic N) is 10. The smallest absolute Gasteiger partial charge is 0.395 e. The lowest BCUT2D eigenvalue weighted by Gasteiger charge is -2.05. The van der Waals surface area contributed by atoms with Crippen LogP contribution in [0.5, 0.6) is 0 Å². The first-order valence-electron chi connectivity index (χ1n) is 22.2. The Morgan fingerprint density at radius 2 is 1.07 bits per heavy atom. The van der Waals surface area contributed by atoms with E-state index >= 15 is 0 Å². The van der Waals surface area contributed by atoms with Gasteiger partial charge in [0.1, 0.15) is 40.9 Å². The molecule has 8 heterocycles. The lowest BCUT2D eigenvalue weighted by Crippen LogP contribution is -2.46. The van der Waals surface area contributed by atoms with Crippen LogP contribution in [0.3, 0.4) is 0 Å². The van der Waals surface area contributed by atoms with Gasteiger partial charge in [-0.3, -0.25) is 4.68 Å². The molecule has 0 fully saturated rings. The predicted molar refractivity (Wildman–Crippen MR) is 258 cm³/mol. The monoisotopic (exact) mass is 909 g/mol. The highest BCUT2D eigenvalue weighted by atomic mass is 32.1. The lowest BCUT2D eigenvalue weighted by atomic mass is 10.0. The predicted octanol–water partition coefficient (Wildman–Crippen LogP) is 6.86. The lowest BCUT2D eigenvalue weighted by molar-refractivity contribution is -0.764. The number of pyridine rings is 3. The SMILES string of the molecule is C[n+]1c(-c2oc3ccccc3[n+]2C)cccc1-n1ccc[n+]1C.Cc1cc(-c2cccc(-c3oc4ccccc4[n+]3C)[n+]2C)n(C)n1.Cc1ccccc1-c1cccc(-c2scc[n+]2C)[n+]1C. The number of hydrogen-bond donors (Lipinski definition) is 0. The molecule has 3 aromatic carbocycles. The third kappa shape index (κ3) is 8.45. The molecule has 0 N–H and O–H groups in total. The first-order chi connectivity index (χ1) is 32.4. The van der Waals surface area contributed by atoms with Crippen molar-refractivity contribution >= 4 is 33.5 Å². The molecule has 0 unspecified atom stereocenters. The van der Waals surface area contributed by atoms with Crippen molar-refractivity contribution in [2.45, 2.75) is 13.8 Å². The molecule has 0 radical (unpaired) electrons. The van der Waals surface area contributed by atoms with Gasteiger partial charge in [-0.1, -0.05) is 53.8 Å². The van der Waals surface area contributed by atoms with Crippen molar-refractivity contribution in [1.82, 2.24) is 14.5 Å². The number of para-hydroxylation sites is 4. The minimum absolute atomic E-state index is 0.833. The molecule has 334 valence electrons. The van der Waals surface area contributed by atoms with Gasteiger partial charge in [-0.15, -0.1) is 0 Å². The number of thiazole rings is 1. The van der Waals surface area contributed by atoms with E-state index in [1.807, 2.05) is 99.3 Å². The van der Waals surface area contributed by atoms with Gasteiger partial charge in [-0.25, -0.2) is 4.57 Å². The number of hydrogen-bond acceptors (Lipinski definition) is 4. The van der Waals surface area contributed by atoms with E-state index in [0.717, 1.165) is 68.3 Å². The Labute approximate surface area is 394 Å². The summed E-state index contributed by atoms with van der Waals surface area (Å²) in [6.07, 6.45) is 6.16. The van der Waals surface area contributed by atoms with Gasteiger partial charge >= 0.3 is 28.3 Å². The van der Waals surface area contributed by atoms with Gasteiger partial charge in [0.25, 0.3) is 16.7 Å². The van der Waals surface area contributed by atoms with Crippen LogP contribution in [0.4, 0.5) is 0 Å². The van der Waals surface area contributed by atoms with E-state index < -0.39 is 0 Å². The fourth-order valence-corrected chi connectivity index (χ4v) is 9.67. The van der Waals surface area contributed by atoms with Crippen molar-refractivity contribution < 1.29 is 40.9 Å². The van der Waals surface area contributed by atoms with E-state index in [0.29, 0.717) is 0 Å². The summed E-state index contributed by atoms with van der Waals surface area (Å²) in [4.78, 5) is 0. The molecule has 0 aliphatic rings. The topological polar surface area (TPSA) is 76.2 Å². The molecule has 8 aromatic heterocycles. The zero-order chi connectivity index (χ0) is 46.9. The van der Waals surface area contributed by atoms with E-state index in [9.17, 15) is 0 Å². The fraction of sp³-hybridized carbons (Fsp3) is 0.185. The first kappa shape index (κ1) is 44.3. The van der Waals surface area contributed by atoms with Crippen molar-refractivity contribution in [3.8, 4) is 62.3 Å². The van der Waals surface area contributed by atoms with Crippen LogP contribution in [0.2, 0.25) is 0 Å². The number of oxazole rings is 2. The van der Waals surface area contributed by atoms with Crippen LogP contribution in [0.15, 0.2) is 172 Å². The molecule has 67 heavy (non-hydrogen) atoms. The quantitative estimate of drug-likeness (QED) is 0.171. The van der Waals surface area contributed by atoms with Crippen molar-refractivity contribution in [3.05, 3.63) is 175 Å². The van der Waals surface area contributed by atoms with E-state index in [1.165, 1.54) is 27.5 Å². The summed E-state index contributed by atoms with van der Waals surface area (Å²) in [7, 11) is 16.4. The van der Waals surface area contributed by atoms with Crippen LogP contribution in [-0.2, 0) is 56.4 Å². The Morgan fingerprint density at radius 3 is 1.64 bits per heavy atom. The largest absolute Gasteiger partial charge is 0.448 e. The Hall–Kier alpha value is -7.90. The molecule has 0 amide bonds. The first-order valence-corrected chi connectivity index (χ1v) is 23.1. The van der Waals surface area contributed by atoms with Crippen molar-refractivity contribution in [2.75, 3.05) is 0 Å². The molecule has 0 saturated heterocycles. The van der Waals surface area contributed by atoms with Gasteiger partial charge in [0.2, 0.25) is 34.4 Å². The third-order valence-corrected chi connectivity index (χ3v) is 13.4. The van der Waals surface area contributed by atoms with Crippen molar-refractivity contribution in [3.63, 3.8) is 0 Å². The normalized spacial score (nSPS) is 11.1. The molecule has 0 spiro atoms. The van der Waals surface area contributed by atoms with Gasteiger partial charge in [0, 0.05) is 59.8 Å². The summed E-state index contributed by atoms with van der Waals surface area (Å²) in [5, 5.41) is 7.85. The number of rotatable bonds is 6. The average molecular weight is 910 g/mol. The van der Waals surface area contributed by atoms with E-state index in [-0.39, 0.29) is 0 Å². The Bertz CT molecular complexity index is 3570. The van der Waals surface area contributed by atoms with Gasteiger partial charge in [0.15, 0.2) is 19.4 Å². The second kappa shape index (κ2) is 18.5. The van der Waals surface area contributed by atoms with E-state index in [2.05, 4.69) is 181 Å². The minimum atomic E-state index is 0.833. The molecule has 13 heteroatoms. The molecule has 11 aromatic rings. The number of fused-ring (bicyclic) bond motifs is 2. The van der Waals surface area contributed by atoms with Gasteiger partial charge in [-0.05, 0) is 72.6 Å². The van der Waals surface area contributed by atoms with E-state index in [1.54, 1.807) is 11.3 Å². The Balaban J connectivity index is 0.000000127. The maximum Gasteiger partial charge on any atom is 0.448 e. The summed E-state index contributed by atoms with van der Waals surface area (Å²) < 4.78 is 31.1. The van der Waals surface area contributed by atoms with Crippen LogP contribution in [0.1, 0.15) is 11.3 Å². The summed E-state index contributed by atoms with van der Waals surface area (Å²) >= 11 is 1.77. The molecule has 0 atom stereocenters.